The first-order valence-corrected chi connectivity index (χ1v) is 9.45. The summed E-state index contributed by atoms with van der Waals surface area (Å²) in [5.41, 5.74) is 2.00. The van der Waals surface area contributed by atoms with Crippen LogP contribution in [0.5, 0.6) is 23.0 Å². The molecule has 0 saturated heterocycles. The van der Waals surface area contributed by atoms with E-state index in [2.05, 4.69) is 10.2 Å². The van der Waals surface area contributed by atoms with Crippen LogP contribution in [0, 0.1) is 0 Å². The Morgan fingerprint density at radius 3 is 2.00 bits per heavy atom. The van der Waals surface area contributed by atoms with E-state index in [0.29, 0.717) is 36.9 Å². The monoisotopic (exact) mass is 402 g/mol. The van der Waals surface area contributed by atoms with Gasteiger partial charge in [-0.05, 0) is 41.9 Å². The number of amides is 1. The quantitative estimate of drug-likeness (QED) is 0.623. The summed E-state index contributed by atoms with van der Waals surface area (Å²) in [6.45, 7) is 4.18. The fourth-order valence-electron chi connectivity index (χ4n) is 2.97. The molecule has 1 N–H and O–H groups in total. The number of nitrogens with one attached hydrogen (secondary N) is 1. The van der Waals surface area contributed by atoms with Gasteiger partial charge >= 0.3 is 0 Å². The van der Waals surface area contributed by atoms with Crippen molar-refractivity contribution in [2.45, 2.75) is 20.0 Å². The van der Waals surface area contributed by atoms with E-state index in [4.69, 9.17) is 18.9 Å². The Hall–Kier alpha value is -2.93. The van der Waals surface area contributed by atoms with Crippen molar-refractivity contribution in [3.8, 4) is 23.0 Å². The second-order valence-corrected chi connectivity index (χ2v) is 6.46. The molecule has 0 spiro atoms. The van der Waals surface area contributed by atoms with Crippen LogP contribution in [-0.4, -0.2) is 52.3 Å². The Morgan fingerprint density at radius 1 is 0.897 bits per heavy atom. The number of ether oxygens (including phenoxy) is 4. The van der Waals surface area contributed by atoms with E-state index in [1.165, 1.54) is 0 Å². The van der Waals surface area contributed by atoms with E-state index >= 15 is 0 Å². The van der Waals surface area contributed by atoms with Gasteiger partial charge in [0.15, 0.2) is 11.5 Å². The number of rotatable bonds is 11. The van der Waals surface area contributed by atoms with Crippen LogP contribution in [0.1, 0.15) is 18.1 Å². The summed E-state index contributed by atoms with van der Waals surface area (Å²) < 4.78 is 21.2. The molecule has 1 amide bonds. The molecule has 0 radical (unpaired) electrons. The molecule has 7 heteroatoms. The van der Waals surface area contributed by atoms with Crippen LogP contribution >= 0.6 is 0 Å². The molecule has 158 valence electrons. The maximum atomic E-state index is 12.4. The van der Waals surface area contributed by atoms with Crippen LogP contribution in [0.15, 0.2) is 36.4 Å². The second kappa shape index (κ2) is 11.2. The first kappa shape index (κ1) is 22.4. The standard InChI is InChI=1S/C22H30N2O5/c1-6-24(14-16-7-9-18(26-2)10-8-16)15-21(25)23-13-17-11-19(27-3)22(29-5)20(12-17)28-4/h7-12H,6,13-15H2,1-5H3,(H,23,25). The SMILES string of the molecule is CCN(CC(=O)NCc1cc(OC)c(OC)c(OC)c1)Cc1ccc(OC)cc1. The predicted octanol–water partition coefficient (Wildman–Crippen LogP) is 2.86. The van der Waals surface area contributed by atoms with Crippen molar-refractivity contribution in [2.24, 2.45) is 0 Å². The lowest BCUT2D eigenvalue weighted by molar-refractivity contribution is -0.122. The van der Waals surface area contributed by atoms with Gasteiger partial charge in [0.25, 0.3) is 0 Å². The van der Waals surface area contributed by atoms with Crippen molar-refractivity contribution >= 4 is 5.91 Å². The summed E-state index contributed by atoms with van der Waals surface area (Å²) in [5, 5.41) is 2.96. The van der Waals surface area contributed by atoms with Crippen LogP contribution in [-0.2, 0) is 17.9 Å². The lowest BCUT2D eigenvalue weighted by Gasteiger charge is -2.20. The molecule has 0 heterocycles. The van der Waals surface area contributed by atoms with Crippen molar-refractivity contribution in [1.82, 2.24) is 10.2 Å². The predicted molar refractivity (Wildman–Crippen MR) is 112 cm³/mol. The third-order valence-electron chi connectivity index (χ3n) is 4.59. The zero-order valence-electron chi connectivity index (χ0n) is 17.8. The van der Waals surface area contributed by atoms with Crippen molar-refractivity contribution in [3.05, 3.63) is 47.5 Å². The number of methoxy groups -OCH3 is 4. The smallest absolute Gasteiger partial charge is 0.234 e. The number of likely N-dealkylation sites (N-methyl/N-ethyl adjacent to an activating group) is 1. The Morgan fingerprint density at radius 2 is 1.52 bits per heavy atom. The van der Waals surface area contributed by atoms with Crippen LogP contribution in [0.3, 0.4) is 0 Å². The molecule has 2 aromatic rings. The van der Waals surface area contributed by atoms with Gasteiger partial charge in [0.1, 0.15) is 5.75 Å². The molecule has 0 unspecified atom stereocenters. The lowest BCUT2D eigenvalue weighted by Crippen LogP contribution is -2.36. The topological polar surface area (TPSA) is 69.3 Å². The fraction of sp³-hybridized carbons (Fsp3) is 0.409. The molecule has 0 saturated carbocycles. The molecule has 0 bridgehead atoms. The first-order chi connectivity index (χ1) is 14.0. The van der Waals surface area contributed by atoms with Gasteiger partial charge in [0.2, 0.25) is 11.7 Å². The van der Waals surface area contributed by atoms with E-state index in [1.54, 1.807) is 28.4 Å². The van der Waals surface area contributed by atoms with Gasteiger partial charge in [-0.1, -0.05) is 19.1 Å². The molecule has 0 aliphatic carbocycles. The van der Waals surface area contributed by atoms with Crippen LogP contribution in [0.4, 0.5) is 0 Å². The van der Waals surface area contributed by atoms with Gasteiger partial charge in [0, 0.05) is 13.1 Å². The molecule has 2 aromatic carbocycles. The van der Waals surface area contributed by atoms with Crippen LogP contribution < -0.4 is 24.3 Å². The second-order valence-electron chi connectivity index (χ2n) is 6.46. The molecule has 0 aromatic heterocycles. The summed E-state index contributed by atoms with van der Waals surface area (Å²) >= 11 is 0. The normalized spacial score (nSPS) is 10.6. The molecule has 2 rings (SSSR count). The summed E-state index contributed by atoms with van der Waals surface area (Å²) in [6, 6.07) is 11.5. The van der Waals surface area contributed by atoms with E-state index in [1.807, 2.05) is 43.3 Å². The lowest BCUT2D eigenvalue weighted by atomic mass is 10.1. The minimum absolute atomic E-state index is 0.0471. The minimum atomic E-state index is -0.0471. The fourth-order valence-corrected chi connectivity index (χ4v) is 2.97. The van der Waals surface area contributed by atoms with Crippen LogP contribution in [0.25, 0.3) is 0 Å². The summed E-state index contributed by atoms with van der Waals surface area (Å²) in [6.07, 6.45) is 0. The number of carbonyl (C=O) groups excluding carboxylic acids is 1. The Kier molecular flexibility index (Phi) is 8.61. The third kappa shape index (κ3) is 6.29. The molecular weight excluding hydrogens is 372 g/mol. The zero-order valence-corrected chi connectivity index (χ0v) is 17.8. The molecular formula is C22H30N2O5. The number of hydrogen-bond acceptors (Lipinski definition) is 6. The van der Waals surface area contributed by atoms with Crippen molar-refractivity contribution in [1.29, 1.82) is 0 Å². The number of carbonyl (C=O) groups is 1. The van der Waals surface area contributed by atoms with Crippen LogP contribution in [0.2, 0.25) is 0 Å². The molecule has 29 heavy (non-hydrogen) atoms. The highest BCUT2D eigenvalue weighted by Crippen LogP contribution is 2.38. The molecule has 7 nitrogen and oxygen atoms in total. The highest BCUT2D eigenvalue weighted by Gasteiger charge is 2.14. The van der Waals surface area contributed by atoms with Gasteiger partial charge in [-0.15, -0.1) is 0 Å². The summed E-state index contributed by atoms with van der Waals surface area (Å²) in [5.74, 6) is 2.42. The van der Waals surface area contributed by atoms with Crippen molar-refractivity contribution in [2.75, 3.05) is 41.5 Å². The third-order valence-corrected chi connectivity index (χ3v) is 4.59. The van der Waals surface area contributed by atoms with Gasteiger partial charge in [-0.25, -0.2) is 0 Å². The highest BCUT2D eigenvalue weighted by molar-refractivity contribution is 5.78. The number of nitrogens with zero attached hydrogens (tertiary/aromatic N) is 1. The largest absolute Gasteiger partial charge is 0.497 e. The van der Waals surface area contributed by atoms with Gasteiger partial charge < -0.3 is 24.3 Å². The van der Waals surface area contributed by atoms with E-state index in [0.717, 1.165) is 23.4 Å². The maximum absolute atomic E-state index is 12.4. The first-order valence-electron chi connectivity index (χ1n) is 9.45. The molecule has 0 fully saturated rings. The Bertz CT molecular complexity index is 767. The van der Waals surface area contributed by atoms with E-state index in [-0.39, 0.29) is 5.91 Å². The number of benzene rings is 2. The minimum Gasteiger partial charge on any atom is -0.497 e. The maximum Gasteiger partial charge on any atom is 0.234 e. The van der Waals surface area contributed by atoms with E-state index in [9.17, 15) is 4.79 Å². The molecule has 0 atom stereocenters. The molecule has 0 aliphatic heterocycles. The average molecular weight is 402 g/mol. The van der Waals surface area contributed by atoms with Gasteiger partial charge in [-0.2, -0.15) is 0 Å². The van der Waals surface area contributed by atoms with Gasteiger partial charge in [-0.3, -0.25) is 9.69 Å². The summed E-state index contributed by atoms with van der Waals surface area (Å²) in [4.78, 5) is 14.5. The number of hydrogen-bond donors (Lipinski definition) is 1. The molecule has 0 aliphatic rings. The van der Waals surface area contributed by atoms with E-state index < -0.39 is 0 Å². The summed E-state index contributed by atoms with van der Waals surface area (Å²) in [7, 11) is 6.34. The van der Waals surface area contributed by atoms with Crippen molar-refractivity contribution < 1.29 is 23.7 Å². The van der Waals surface area contributed by atoms with Crippen molar-refractivity contribution in [3.63, 3.8) is 0 Å². The zero-order chi connectivity index (χ0) is 21.2. The van der Waals surface area contributed by atoms with Gasteiger partial charge in [0.05, 0.1) is 35.0 Å². The Labute approximate surface area is 172 Å². The average Bonchev–Trinajstić information content (AvgIpc) is 2.76. The Balaban J connectivity index is 1.95. The highest BCUT2D eigenvalue weighted by atomic mass is 16.5.